The van der Waals surface area contributed by atoms with Crippen molar-refractivity contribution in [2.75, 3.05) is 19.0 Å². The Labute approximate surface area is 202 Å². The molecule has 8 heteroatoms. The van der Waals surface area contributed by atoms with Gasteiger partial charge in [0.1, 0.15) is 6.61 Å². The van der Waals surface area contributed by atoms with Gasteiger partial charge in [-0.2, -0.15) is 0 Å². The van der Waals surface area contributed by atoms with E-state index >= 15 is 0 Å². The van der Waals surface area contributed by atoms with Crippen molar-refractivity contribution in [2.45, 2.75) is 32.4 Å². The molecule has 0 aliphatic rings. The second-order valence-electron chi connectivity index (χ2n) is 8.20. The minimum Gasteiger partial charge on any atom is -0.375 e. The number of amides is 2. The molecule has 4 aromatic rings. The number of carbonyl (C=O) groups excluding carboxylic acids is 2. The molecule has 1 atom stereocenters. The molecule has 2 N–H and O–H groups in total. The molecule has 0 aliphatic carbocycles. The number of nitrogens with one attached hydrogen (secondary N) is 2. The predicted octanol–water partition coefficient (Wildman–Crippen LogP) is 4.29. The first kappa shape index (κ1) is 23.7. The minimum absolute atomic E-state index is 0.0307. The highest BCUT2D eigenvalue weighted by atomic mass is 32.1. The maximum atomic E-state index is 13.0. The van der Waals surface area contributed by atoms with Crippen LogP contribution in [0.5, 0.6) is 0 Å². The van der Waals surface area contributed by atoms with Gasteiger partial charge in [0.15, 0.2) is 0 Å². The Balaban J connectivity index is 1.59. The van der Waals surface area contributed by atoms with Crippen LogP contribution in [0.3, 0.4) is 0 Å². The molecule has 0 aliphatic heterocycles. The van der Waals surface area contributed by atoms with Crippen molar-refractivity contribution in [3.63, 3.8) is 0 Å². The number of aryl methyl sites for hydroxylation is 2. The number of fused-ring (bicyclic) bond motifs is 1. The average Bonchev–Trinajstić information content (AvgIpc) is 3.48. The topological polar surface area (TPSA) is 85.2 Å². The first-order valence-electron chi connectivity index (χ1n) is 11.2. The van der Waals surface area contributed by atoms with Crippen LogP contribution >= 0.6 is 11.3 Å². The monoisotopic (exact) mass is 476 g/mol. The molecule has 4 rings (SSSR count). The smallest absolute Gasteiger partial charge is 0.251 e. The van der Waals surface area contributed by atoms with E-state index in [0.717, 1.165) is 18.4 Å². The summed E-state index contributed by atoms with van der Waals surface area (Å²) >= 11 is 1.67. The lowest BCUT2D eigenvalue weighted by Gasteiger charge is -2.15. The summed E-state index contributed by atoms with van der Waals surface area (Å²) in [5, 5.41) is 7.98. The summed E-state index contributed by atoms with van der Waals surface area (Å²) in [7, 11) is 1.47. The van der Waals surface area contributed by atoms with E-state index in [0.29, 0.717) is 23.3 Å². The fourth-order valence-corrected chi connectivity index (χ4v) is 4.74. The standard InChI is InChI=1S/C26H28N4O3S/c1-18(13-21-9-6-12-34-21)28-26(32)20-14-22-25(23(15-20)29-24(31)16-33-2)30(17-27-22)11-10-19-7-4-3-5-8-19/h3-9,12,14-15,17-18H,10-11,13,16H2,1-2H3,(H,28,32)(H,29,31)/t18-/m1/s1. The molecule has 0 fully saturated rings. The molecular formula is C26H28N4O3S. The van der Waals surface area contributed by atoms with E-state index in [1.807, 2.05) is 41.1 Å². The molecule has 0 saturated heterocycles. The number of anilines is 1. The van der Waals surface area contributed by atoms with Crippen LogP contribution in [0.2, 0.25) is 0 Å². The van der Waals surface area contributed by atoms with E-state index in [9.17, 15) is 9.59 Å². The van der Waals surface area contributed by atoms with Gasteiger partial charge in [-0.15, -0.1) is 11.3 Å². The van der Waals surface area contributed by atoms with Gasteiger partial charge < -0.3 is 19.9 Å². The molecule has 7 nitrogen and oxygen atoms in total. The van der Waals surface area contributed by atoms with Crippen LogP contribution in [-0.2, 0) is 28.9 Å². The Hall–Kier alpha value is -3.49. The quantitative estimate of drug-likeness (QED) is 0.358. The maximum absolute atomic E-state index is 13.0. The third kappa shape index (κ3) is 5.89. The van der Waals surface area contributed by atoms with Gasteiger partial charge in [-0.05, 0) is 42.5 Å². The Morgan fingerprint density at radius 3 is 2.71 bits per heavy atom. The van der Waals surface area contributed by atoms with E-state index in [1.165, 1.54) is 17.6 Å². The third-order valence-corrected chi connectivity index (χ3v) is 6.37. The molecule has 0 radical (unpaired) electrons. The minimum atomic E-state index is -0.289. The summed E-state index contributed by atoms with van der Waals surface area (Å²) in [5.74, 6) is -0.490. The van der Waals surface area contributed by atoms with Crippen LogP contribution in [-0.4, -0.2) is 41.1 Å². The fraction of sp³-hybridized carbons (Fsp3) is 0.269. The van der Waals surface area contributed by atoms with Crippen molar-refractivity contribution in [2.24, 2.45) is 0 Å². The van der Waals surface area contributed by atoms with Gasteiger partial charge in [0.25, 0.3) is 5.91 Å². The molecular weight excluding hydrogens is 448 g/mol. The summed E-state index contributed by atoms with van der Waals surface area (Å²) < 4.78 is 6.98. The molecule has 0 unspecified atom stereocenters. The lowest BCUT2D eigenvalue weighted by atomic mass is 10.1. The zero-order chi connectivity index (χ0) is 23.9. The van der Waals surface area contributed by atoms with Crippen molar-refractivity contribution in [3.8, 4) is 0 Å². The van der Waals surface area contributed by atoms with Gasteiger partial charge in [0.05, 0.1) is 23.0 Å². The number of methoxy groups -OCH3 is 1. The first-order chi connectivity index (χ1) is 16.5. The highest BCUT2D eigenvalue weighted by Crippen LogP contribution is 2.26. The van der Waals surface area contributed by atoms with Crippen molar-refractivity contribution < 1.29 is 14.3 Å². The second-order valence-corrected chi connectivity index (χ2v) is 9.24. The van der Waals surface area contributed by atoms with Gasteiger partial charge in [-0.1, -0.05) is 36.4 Å². The van der Waals surface area contributed by atoms with Crippen molar-refractivity contribution >= 4 is 39.9 Å². The molecule has 2 aromatic carbocycles. The predicted molar refractivity (Wildman–Crippen MR) is 135 cm³/mol. The number of rotatable bonds is 10. The van der Waals surface area contributed by atoms with Gasteiger partial charge >= 0.3 is 0 Å². The molecule has 0 bridgehead atoms. The number of ether oxygens (including phenoxy) is 1. The normalized spacial score (nSPS) is 11.9. The van der Waals surface area contributed by atoms with Crippen LogP contribution in [0.15, 0.2) is 66.3 Å². The van der Waals surface area contributed by atoms with Gasteiger partial charge in [0.2, 0.25) is 5.91 Å². The number of nitrogens with zero attached hydrogens (tertiary/aromatic N) is 2. The second kappa shape index (κ2) is 11.1. The number of thiophene rings is 1. The van der Waals surface area contributed by atoms with E-state index in [2.05, 4.69) is 33.8 Å². The number of hydrogen-bond donors (Lipinski definition) is 2. The Morgan fingerprint density at radius 1 is 1.15 bits per heavy atom. The molecule has 2 aromatic heterocycles. The van der Waals surface area contributed by atoms with E-state index in [1.54, 1.807) is 29.8 Å². The summed E-state index contributed by atoms with van der Waals surface area (Å²) in [5.41, 5.74) is 3.64. The number of imidazole rings is 1. The zero-order valence-electron chi connectivity index (χ0n) is 19.3. The van der Waals surface area contributed by atoms with Gasteiger partial charge in [-0.3, -0.25) is 9.59 Å². The van der Waals surface area contributed by atoms with Gasteiger partial charge in [-0.25, -0.2) is 4.98 Å². The maximum Gasteiger partial charge on any atom is 0.251 e. The Kier molecular flexibility index (Phi) is 7.72. The molecule has 0 saturated carbocycles. The van der Waals surface area contributed by atoms with E-state index < -0.39 is 0 Å². The lowest BCUT2D eigenvalue weighted by molar-refractivity contribution is -0.119. The fourth-order valence-electron chi connectivity index (χ4n) is 3.91. The van der Waals surface area contributed by atoms with Crippen LogP contribution in [0.1, 0.15) is 27.7 Å². The summed E-state index contributed by atoms with van der Waals surface area (Å²) in [6.45, 7) is 2.60. The summed E-state index contributed by atoms with van der Waals surface area (Å²) in [6.07, 6.45) is 3.33. The van der Waals surface area contributed by atoms with Crippen LogP contribution in [0.25, 0.3) is 11.0 Å². The van der Waals surface area contributed by atoms with Crippen molar-refractivity contribution in [1.29, 1.82) is 0 Å². The molecule has 0 spiro atoms. The number of carbonyl (C=O) groups is 2. The van der Waals surface area contributed by atoms with Crippen molar-refractivity contribution in [3.05, 3.63) is 82.3 Å². The molecule has 176 valence electrons. The molecule has 34 heavy (non-hydrogen) atoms. The van der Waals surface area contributed by atoms with E-state index in [4.69, 9.17) is 4.74 Å². The van der Waals surface area contributed by atoms with Crippen LogP contribution < -0.4 is 10.6 Å². The summed E-state index contributed by atoms with van der Waals surface area (Å²) in [6, 6.07) is 17.7. The Morgan fingerprint density at radius 2 is 1.97 bits per heavy atom. The summed E-state index contributed by atoms with van der Waals surface area (Å²) in [4.78, 5) is 31.1. The molecule has 2 heterocycles. The number of aromatic nitrogens is 2. The molecule has 2 amide bonds. The van der Waals surface area contributed by atoms with Crippen molar-refractivity contribution in [1.82, 2.24) is 14.9 Å². The van der Waals surface area contributed by atoms with Crippen LogP contribution in [0.4, 0.5) is 5.69 Å². The van der Waals surface area contributed by atoms with Crippen LogP contribution in [0, 0.1) is 0 Å². The average molecular weight is 477 g/mol. The Bertz CT molecular complexity index is 1250. The largest absolute Gasteiger partial charge is 0.375 e. The lowest BCUT2D eigenvalue weighted by Crippen LogP contribution is -2.34. The highest BCUT2D eigenvalue weighted by Gasteiger charge is 2.18. The number of benzene rings is 2. The van der Waals surface area contributed by atoms with E-state index in [-0.39, 0.29) is 24.5 Å². The zero-order valence-corrected chi connectivity index (χ0v) is 20.1. The SMILES string of the molecule is COCC(=O)Nc1cc(C(=O)N[C@H](C)Cc2cccs2)cc2ncn(CCc3ccccc3)c12. The number of hydrogen-bond acceptors (Lipinski definition) is 5. The van der Waals surface area contributed by atoms with Gasteiger partial charge in [0, 0.05) is 36.6 Å². The third-order valence-electron chi connectivity index (χ3n) is 5.47. The highest BCUT2D eigenvalue weighted by molar-refractivity contribution is 7.09. The first-order valence-corrected chi connectivity index (χ1v) is 12.1.